The van der Waals surface area contributed by atoms with Gasteiger partial charge >= 0.3 is 6.61 Å². The number of ether oxygens (including phenoxy) is 1. The molecule has 1 aromatic carbocycles. The van der Waals surface area contributed by atoms with Gasteiger partial charge in [0.15, 0.2) is 0 Å². The zero-order valence-corrected chi connectivity index (χ0v) is 14.2. The number of nitrogens with zero attached hydrogens (tertiary/aromatic N) is 3. The lowest BCUT2D eigenvalue weighted by Crippen LogP contribution is -2.04. The molecular formula is C19H16F2N4O. The van der Waals surface area contributed by atoms with Gasteiger partial charge in [-0.1, -0.05) is 6.07 Å². The van der Waals surface area contributed by atoms with E-state index < -0.39 is 6.61 Å². The molecule has 3 aromatic heterocycles. The van der Waals surface area contributed by atoms with E-state index in [9.17, 15) is 8.78 Å². The number of anilines is 2. The number of rotatable bonds is 4. The van der Waals surface area contributed by atoms with Gasteiger partial charge in [0.05, 0.1) is 5.52 Å². The Kier molecular flexibility index (Phi) is 3.91. The Morgan fingerprint density at radius 3 is 2.77 bits per heavy atom. The highest BCUT2D eigenvalue weighted by Gasteiger charge is 2.11. The Morgan fingerprint density at radius 1 is 1.12 bits per heavy atom. The van der Waals surface area contributed by atoms with Gasteiger partial charge in [0.1, 0.15) is 17.2 Å². The second-order valence-electron chi connectivity index (χ2n) is 6.00. The van der Waals surface area contributed by atoms with Crippen molar-refractivity contribution in [3.63, 3.8) is 0 Å². The van der Waals surface area contributed by atoms with Crippen molar-refractivity contribution < 1.29 is 13.5 Å². The molecule has 26 heavy (non-hydrogen) atoms. The largest absolute Gasteiger partial charge is 0.434 e. The fourth-order valence-corrected chi connectivity index (χ4v) is 3.03. The molecule has 3 heterocycles. The van der Waals surface area contributed by atoms with E-state index in [1.165, 1.54) is 0 Å². The number of alkyl halides is 2. The zero-order valence-electron chi connectivity index (χ0n) is 14.2. The molecule has 4 rings (SSSR count). The molecule has 5 nitrogen and oxygen atoms in total. The third kappa shape index (κ3) is 2.81. The first-order valence-electron chi connectivity index (χ1n) is 8.04. The number of halogens is 2. The lowest BCUT2D eigenvalue weighted by Gasteiger charge is -2.11. The van der Waals surface area contributed by atoms with E-state index >= 15 is 0 Å². The Labute approximate surface area is 148 Å². The zero-order chi connectivity index (χ0) is 18.3. The summed E-state index contributed by atoms with van der Waals surface area (Å²) in [5.74, 6) is 0.755. The minimum atomic E-state index is -2.86. The summed E-state index contributed by atoms with van der Waals surface area (Å²) in [6.07, 6.45) is 3.57. The third-order valence-electron chi connectivity index (χ3n) is 4.32. The number of aromatic nitrogens is 3. The van der Waals surface area contributed by atoms with E-state index in [1.807, 2.05) is 36.0 Å². The van der Waals surface area contributed by atoms with E-state index in [1.54, 1.807) is 31.3 Å². The van der Waals surface area contributed by atoms with E-state index in [0.29, 0.717) is 17.1 Å². The van der Waals surface area contributed by atoms with Crippen molar-refractivity contribution in [3.8, 4) is 5.75 Å². The van der Waals surface area contributed by atoms with Gasteiger partial charge in [0.2, 0.25) is 0 Å². The number of aryl methyl sites for hydroxylation is 2. The molecule has 0 aliphatic carbocycles. The average molecular weight is 354 g/mol. The molecule has 1 N–H and O–H groups in total. The quantitative estimate of drug-likeness (QED) is 0.573. The van der Waals surface area contributed by atoms with Crippen molar-refractivity contribution in [1.82, 2.24) is 14.5 Å². The summed E-state index contributed by atoms with van der Waals surface area (Å²) in [5, 5.41) is 5.18. The summed E-state index contributed by atoms with van der Waals surface area (Å²) < 4.78 is 31.6. The van der Waals surface area contributed by atoms with Gasteiger partial charge in [-0.25, -0.2) is 4.98 Å². The maximum Gasteiger partial charge on any atom is 0.387 e. The highest BCUT2D eigenvalue weighted by molar-refractivity contribution is 6.06. The second-order valence-corrected chi connectivity index (χ2v) is 6.00. The third-order valence-corrected chi connectivity index (χ3v) is 4.32. The molecule has 0 atom stereocenters. The summed E-state index contributed by atoms with van der Waals surface area (Å²) in [5.41, 5.74) is 3.12. The highest BCUT2D eigenvalue weighted by Crippen LogP contribution is 2.29. The molecule has 0 bridgehead atoms. The van der Waals surface area contributed by atoms with E-state index in [2.05, 4.69) is 20.0 Å². The number of hydrogen-bond acceptors (Lipinski definition) is 4. The van der Waals surface area contributed by atoms with Gasteiger partial charge in [-0.15, -0.1) is 0 Å². The van der Waals surface area contributed by atoms with Gasteiger partial charge in [0.25, 0.3) is 0 Å². The summed E-state index contributed by atoms with van der Waals surface area (Å²) in [4.78, 5) is 8.83. The normalized spacial score (nSPS) is 11.4. The SMILES string of the molecule is Cc1ccc(Nc2ccc3c4cnccc4n(C)c3n2)cc1OC(F)F. The fraction of sp³-hybridized carbons (Fsp3) is 0.158. The standard InChI is InChI=1S/C19H16F2N4O/c1-11-3-4-12(9-16(11)26-19(20)21)23-17-6-5-13-14-10-22-8-7-15(14)25(2)18(13)24-17/h3-10,19H,1-2H3,(H,23,24). The van der Waals surface area contributed by atoms with Crippen LogP contribution in [0, 0.1) is 6.92 Å². The van der Waals surface area contributed by atoms with Crippen molar-refractivity contribution in [2.24, 2.45) is 7.05 Å². The van der Waals surface area contributed by atoms with Gasteiger partial charge in [-0.3, -0.25) is 4.98 Å². The first kappa shape index (κ1) is 16.3. The van der Waals surface area contributed by atoms with Crippen molar-refractivity contribution in [1.29, 1.82) is 0 Å². The summed E-state index contributed by atoms with van der Waals surface area (Å²) in [6, 6.07) is 10.8. The molecule has 0 aliphatic rings. The molecule has 0 amide bonds. The van der Waals surface area contributed by atoms with Gasteiger partial charge in [-0.2, -0.15) is 8.78 Å². The van der Waals surface area contributed by atoms with Crippen LogP contribution in [0.15, 0.2) is 48.8 Å². The predicted molar refractivity (Wildman–Crippen MR) is 97.1 cm³/mol. The van der Waals surface area contributed by atoms with Crippen molar-refractivity contribution in [3.05, 3.63) is 54.4 Å². The summed E-state index contributed by atoms with van der Waals surface area (Å²) >= 11 is 0. The van der Waals surface area contributed by atoms with Gasteiger partial charge < -0.3 is 14.6 Å². The Morgan fingerprint density at radius 2 is 1.96 bits per heavy atom. The average Bonchev–Trinajstić information content (AvgIpc) is 2.90. The van der Waals surface area contributed by atoms with Crippen LogP contribution in [0.4, 0.5) is 20.3 Å². The maximum atomic E-state index is 12.5. The van der Waals surface area contributed by atoms with Crippen molar-refractivity contribution in [2.75, 3.05) is 5.32 Å². The van der Waals surface area contributed by atoms with Crippen LogP contribution < -0.4 is 10.1 Å². The van der Waals surface area contributed by atoms with Gasteiger partial charge in [-0.05, 0) is 36.8 Å². The Hall–Kier alpha value is -3.22. The van der Waals surface area contributed by atoms with E-state index in [0.717, 1.165) is 21.9 Å². The molecule has 132 valence electrons. The number of benzene rings is 1. The molecule has 0 aliphatic heterocycles. The monoisotopic (exact) mass is 354 g/mol. The van der Waals surface area contributed by atoms with Crippen LogP contribution in [0.2, 0.25) is 0 Å². The topological polar surface area (TPSA) is 52.0 Å². The molecule has 0 unspecified atom stereocenters. The lowest BCUT2D eigenvalue weighted by atomic mass is 10.2. The number of fused-ring (bicyclic) bond motifs is 3. The van der Waals surface area contributed by atoms with Crippen LogP contribution in [0.1, 0.15) is 5.56 Å². The molecule has 0 saturated carbocycles. The smallest absolute Gasteiger partial charge is 0.387 e. The number of pyridine rings is 2. The fourth-order valence-electron chi connectivity index (χ4n) is 3.03. The number of hydrogen-bond donors (Lipinski definition) is 1. The number of nitrogens with one attached hydrogen (secondary N) is 1. The van der Waals surface area contributed by atoms with Crippen LogP contribution in [-0.4, -0.2) is 21.1 Å². The van der Waals surface area contributed by atoms with Crippen LogP contribution in [0.3, 0.4) is 0 Å². The molecule has 0 fully saturated rings. The predicted octanol–water partition coefficient (Wildman–Crippen LogP) is 4.77. The van der Waals surface area contributed by atoms with Gasteiger partial charge in [0, 0.05) is 42.0 Å². The Balaban J connectivity index is 1.72. The molecule has 7 heteroatoms. The minimum Gasteiger partial charge on any atom is -0.434 e. The maximum absolute atomic E-state index is 12.5. The second kappa shape index (κ2) is 6.25. The first-order chi connectivity index (χ1) is 12.5. The van der Waals surface area contributed by atoms with E-state index in [4.69, 9.17) is 0 Å². The van der Waals surface area contributed by atoms with Crippen molar-refractivity contribution >= 4 is 33.4 Å². The van der Waals surface area contributed by atoms with Crippen LogP contribution in [0.5, 0.6) is 5.75 Å². The molecule has 0 spiro atoms. The molecule has 0 radical (unpaired) electrons. The van der Waals surface area contributed by atoms with E-state index in [-0.39, 0.29) is 5.75 Å². The highest BCUT2D eigenvalue weighted by atomic mass is 19.3. The Bertz CT molecular complexity index is 1110. The van der Waals surface area contributed by atoms with Crippen LogP contribution in [0.25, 0.3) is 21.9 Å². The molecule has 4 aromatic rings. The molecule has 0 saturated heterocycles. The minimum absolute atomic E-state index is 0.141. The first-order valence-corrected chi connectivity index (χ1v) is 8.04. The summed E-state index contributed by atoms with van der Waals surface area (Å²) in [6.45, 7) is -1.14. The summed E-state index contributed by atoms with van der Waals surface area (Å²) in [7, 11) is 1.95. The van der Waals surface area contributed by atoms with Crippen LogP contribution in [-0.2, 0) is 7.05 Å². The lowest BCUT2D eigenvalue weighted by molar-refractivity contribution is -0.0502. The molecular weight excluding hydrogens is 338 g/mol. The van der Waals surface area contributed by atoms with Crippen molar-refractivity contribution in [2.45, 2.75) is 13.5 Å². The van der Waals surface area contributed by atoms with Crippen LogP contribution >= 0.6 is 0 Å².